The molecule has 3 rings (SSSR count). The maximum atomic E-state index is 12.7. The van der Waals surface area contributed by atoms with E-state index in [0.29, 0.717) is 18.5 Å². The molecule has 0 saturated carbocycles. The summed E-state index contributed by atoms with van der Waals surface area (Å²) in [6.45, 7) is 10.7. The van der Waals surface area contributed by atoms with Crippen LogP contribution in [0.5, 0.6) is 0 Å². The van der Waals surface area contributed by atoms with Crippen molar-refractivity contribution in [2.45, 2.75) is 109 Å². The van der Waals surface area contributed by atoms with E-state index in [-0.39, 0.29) is 24.6 Å². The maximum Gasteiger partial charge on any atom is 0.331 e. The topological polar surface area (TPSA) is 182 Å². The summed E-state index contributed by atoms with van der Waals surface area (Å²) in [4.78, 5) is 37.7. The van der Waals surface area contributed by atoms with Gasteiger partial charge in [-0.3, -0.25) is 18.9 Å². The third-order valence-corrected chi connectivity index (χ3v) is 9.19. The zero-order chi connectivity index (χ0) is 27.7. The highest BCUT2D eigenvalue weighted by Crippen LogP contribution is 2.54. The minimum atomic E-state index is -3.95. The molecule has 0 amide bonds. The lowest BCUT2D eigenvalue weighted by Crippen LogP contribution is -2.39. The maximum absolute atomic E-state index is 12.7. The van der Waals surface area contributed by atoms with Crippen LogP contribution in [0, 0.1) is 0 Å². The minimum Gasteiger partial charge on any atom is -0.388 e. The molecule has 4 N–H and O–H groups in total. The number of nitrogens with zero attached hydrogens (tertiary/aromatic N) is 4. The average Bonchev–Trinajstić information content (AvgIpc) is 3.40. The number of ether oxygens (including phenoxy) is 1. The van der Waals surface area contributed by atoms with Gasteiger partial charge >= 0.3 is 13.3 Å². The highest BCUT2D eigenvalue weighted by Gasteiger charge is 2.48. The number of aromatic amines is 1. The lowest BCUT2D eigenvalue weighted by atomic mass is 9.92. The molecule has 0 aliphatic carbocycles. The predicted octanol–water partition coefficient (Wildman–Crippen LogP) is 1.48. The molecule has 2 aromatic heterocycles. The predicted molar refractivity (Wildman–Crippen MR) is 134 cm³/mol. The Labute approximate surface area is 215 Å². The van der Waals surface area contributed by atoms with E-state index in [0.717, 1.165) is 0 Å². The second-order valence-corrected chi connectivity index (χ2v) is 12.4. The fourth-order valence-corrected chi connectivity index (χ4v) is 5.62. The molecule has 1 saturated heterocycles. The number of aromatic nitrogens is 5. The van der Waals surface area contributed by atoms with E-state index in [4.69, 9.17) is 9.26 Å². The summed E-state index contributed by atoms with van der Waals surface area (Å²) in [6.07, 6.45) is -1.36. The van der Waals surface area contributed by atoms with Crippen LogP contribution in [-0.4, -0.2) is 69.2 Å². The Morgan fingerprint density at radius 2 is 1.89 bits per heavy atom. The normalized spacial score (nSPS) is 26.2. The van der Waals surface area contributed by atoms with Gasteiger partial charge in [-0.15, -0.1) is 5.10 Å². The third kappa shape index (κ3) is 6.47. The van der Waals surface area contributed by atoms with E-state index in [1.807, 2.05) is 13.8 Å². The summed E-state index contributed by atoms with van der Waals surface area (Å²) in [6, 6.07) is 0.0762. The summed E-state index contributed by atoms with van der Waals surface area (Å²) in [5.74, 6) is 0. The highest BCUT2D eigenvalue weighted by molar-refractivity contribution is 7.53. The lowest BCUT2D eigenvalue weighted by Gasteiger charge is -2.35. The summed E-state index contributed by atoms with van der Waals surface area (Å²) < 4.78 is 27.2. The SMILES string of the molecule is CCC(C)P(=O)(O)OC(C)(CC)C[C@H]1O[C@@H](c2cn(Cc3cn(C(C)C)nn3)c(=O)[nH]c2=O)[C@@H](O)C1O. The van der Waals surface area contributed by atoms with Gasteiger partial charge in [0.2, 0.25) is 0 Å². The second kappa shape index (κ2) is 11.3. The molecule has 2 aromatic rings. The quantitative estimate of drug-likeness (QED) is 0.303. The Bertz CT molecular complexity index is 1240. The van der Waals surface area contributed by atoms with E-state index >= 15 is 0 Å². The molecular formula is C23H38N5O8P. The van der Waals surface area contributed by atoms with Crippen LogP contribution in [0.3, 0.4) is 0 Å². The molecule has 0 radical (unpaired) electrons. The summed E-state index contributed by atoms with van der Waals surface area (Å²) >= 11 is 0. The van der Waals surface area contributed by atoms with Crippen LogP contribution >= 0.6 is 7.60 Å². The number of aliphatic hydroxyl groups excluding tert-OH is 2. The molecular weight excluding hydrogens is 505 g/mol. The van der Waals surface area contributed by atoms with Crippen molar-refractivity contribution in [3.05, 3.63) is 44.5 Å². The smallest absolute Gasteiger partial charge is 0.331 e. The fourth-order valence-electron chi connectivity index (χ4n) is 4.14. The molecule has 3 heterocycles. The van der Waals surface area contributed by atoms with Crippen LogP contribution in [0.2, 0.25) is 0 Å². The van der Waals surface area contributed by atoms with Crippen molar-refractivity contribution in [2.75, 3.05) is 0 Å². The molecule has 208 valence electrons. The van der Waals surface area contributed by atoms with Gasteiger partial charge in [0.05, 0.1) is 35.7 Å². The van der Waals surface area contributed by atoms with Crippen molar-refractivity contribution in [2.24, 2.45) is 0 Å². The number of hydrogen-bond donors (Lipinski definition) is 4. The monoisotopic (exact) mass is 543 g/mol. The Hall–Kier alpha value is -2.15. The Morgan fingerprint density at radius 1 is 1.22 bits per heavy atom. The third-order valence-electron chi connectivity index (χ3n) is 7.01. The van der Waals surface area contributed by atoms with E-state index < -0.39 is 54.5 Å². The summed E-state index contributed by atoms with van der Waals surface area (Å²) in [7, 11) is -3.95. The van der Waals surface area contributed by atoms with Crippen molar-refractivity contribution in [3.8, 4) is 0 Å². The highest BCUT2D eigenvalue weighted by atomic mass is 31.2. The summed E-state index contributed by atoms with van der Waals surface area (Å²) in [5.41, 5.74) is -2.70. The molecule has 1 fully saturated rings. The van der Waals surface area contributed by atoms with E-state index in [2.05, 4.69) is 15.3 Å². The molecule has 14 heteroatoms. The van der Waals surface area contributed by atoms with Crippen molar-refractivity contribution in [3.63, 3.8) is 0 Å². The Morgan fingerprint density at radius 3 is 2.46 bits per heavy atom. The van der Waals surface area contributed by atoms with Crippen molar-refractivity contribution in [1.82, 2.24) is 24.5 Å². The first kappa shape index (κ1) is 29.4. The number of H-pyrrole nitrogens is 1. The van der Waals surface area contributed by atoms with Crippen LogP contribution in [-0.2, 0) is 20.4 Å². The molecule has 4 unspecified atom stereocenters. The zero-order valence-electron chi connectivity index (χ0n) is 22.1. The van der Waals surface area contributed by atoms with Gasteiger partial charge in [0, 0.05) is 18.7 Å². The first-order valence-electron chi connectivity index (χ1n) is 12.5. The van der Waals surface area contributed by atoms with Crippen LogP contribution < -0.4 is 11.2 Å². The first-order valence-corrected chi connectivity index (χ1v) is 14.1. The molecule has 37 heavy (non-hydrogen) atoms. The molecule has 0 spiro atoms. The standard InChI is InChI=1S/C23H38N5O8P/c1-7-14(5)37(33,34)36-23(6,8-2)9-17-18(29)19(30)20(35-17)16-12-27(22(32)24-21(16)31)10-15-11-28(13(3)4)26-25-15/h11-14,17-20,29-30H,7-10H2,1-6H3,(H,33,34)(H,24,31,32)/t14?,17-,18?,19+,20+,23?/m1/s1. The largest absolute Gasteiger partial charge is 0.388 e. The molecule has 7 atom stereocenters. The van der Waals surface area contributed by atoms with Gasteiger partial charge in [0.25, 0.3) is 5.56 Å². The van der Waals surface area contributed by atoms with Crippen molar-refractivity contribution < 1.29 is 28.9 Å². The van der Waals surface area contributed by atoms with Crippen LogP contribution in [0.15, 0.2) is 22.0 Å². The number of aliphatic hydroxyl groups is 2. The fraction of sp³-hybridized carbons (Fsp3) is 0.739. The minimum absolute atomic E-state index is 0.00490. The molecule has 1 aliphatic rings. The first-order chi connectivity index (χ1) is 17.2. The van der Waals surface area contributed by atoms with Gasteiger partial charge in [0.15, 0.2) is 0 Å². The lowest BCUT2D eigenvalue weighted by molar-refractivity contribution is -0.0474. The number of rotatable bonds is 11. The van der Waals surface area contributed by atoms with Crippen LogP contribution in [0.1, 0.15) is 84.2 Å². The molecule has 1 aliphatic heterocycles. The average molecular weight is 544 g/mol. The molecule has 0 aromatic carbocycles. The van der Waals surface area contributed by atoms with E-state index in [1.165, 1.54) is 10.8 Å². The van der Waals surface area contributed by atoms with Crippen LogP contribution in [0.25, 0.3) is 0 Å². The Balaban J connectivity index is 1.84. The molecule has 13 nitrogen and oxygen atoms in total. The van der Waals surface area contributed by atoms with E-state index in [1.54, 1.807) is 38.6 Å². The van der Waals surface area contributed by atoms with Gasteiger partial charge in [-0.2, -0.15) is 0 Å². The van der Waals surface area contributed by atoms with Gasteiger partial charge in [-0.05, 0) is 33.6 Å². The van der Waals surface area contributed by atoms with E-state index in [9.17, 15) is 29.3 Å². The van der Waals surface area contributed by atoms with Gasteiger partial charge in [-0.1, -0.05) is 26.0 Å². The molecule has 0 bridgehead atoms. The van der Waals surface area contributed by atoms with Gasteiger partial charge in [-0.25, -0.2) is 9.48 Å². The van der Waals surface area contributed by atoms with Crippen molar-refractivity contribution in [1.29, 1.82) is 0 Å². The van der Waals surface area contributed by atoms with Gasteiger partial charge < -0.3 is 24.4 Å². The number of hydrogen-bond acceptors (Lipinski definition) is 9. The second-order valence-electron chi connectivity index (χ2n) is 10.3. The van der Waals surface area contributed by atoms with Crippen molar-refractivity contribution >= 4 is 7.60 Å². The van der Waals surface area contributed by atoms with Crippen LogP contribution in [0.4, 0.5) is 0 Å². The Kier molecular flexibility index (Phi) is 8.98. The summed E-state index contributed by atoms with van der Waals surface area (Å²) in [5, 5.41) is 29.6. The zero-order valence-corrected chi connectivity index (χ0v) is 23.0. The number of nitrogens with one attached hydrogen (secondary N) is 1. The van der Waals surface area contributed by atoms with Gasteiger partial charge in [0.1, 0.15) is 24.0 Å².